The molecule has 2 atom stereocenters. The van der Waals surface area contributed by atoms with Crippen LogP contribution in [0, 0.1) is 0 Å². The van der Waals surface area contributed by atoms with Crippen molar-refractivity contribution < 1.29 is 9.53 Å². The first-order chi connectivity index (χ1) is 12.6. The fourth-order valence-corrected chi connectivity index (χ4v) is 4.05. The number of hydrogen-bond donors (Lipinski definition) is 1. The molecule has 0 saturated carbocycles. The predicted molar refractivity (Wildman–Crippen MR) is 96.5 cm³/mol. The number of nitrogens with zero attached hydrogens (tertiary/aromatic N) is 4. The molecule has 0 radical (unpaired) electrons. The SMILES string of the molecule is Cn1cc(C(=O)N[C@@H]2CCO[C@]3(CCN(Cc4cccnc4)C3)C2)cn1. The van der Waals surface area contributed by atoms with Gasteiger partial charge in [-0.1, -0.05) is 6.07 Å². The largest absolute Gasteiger partial charge is 0.373 e. The van der Waals surface area contributed by atoms with E-state index in [1.807, 2.05) is 19.3 Å². The van der Waals surface area contributed by atoms with Gasteiger partial charge in [0.1, 0.15) is 0 Å². The lowest BCUT2D eigenvalue weighted by Gasteiger charge is -2.38. The highest BCUT2D eigenvalue weighted by Gasteiger charge is 2.43. The Morgan fingerprint density at radius 1 is 1.46 bits per heavy atom. The molecule has 2 aromatic rings. The molecular formula is C19H25N5O2. The molecule has 7 heteroatoms. The second-order valence-electron chi connectivity index (χ2n) is 7.42. The van der Waals surface area contributed by atoms with Crippen LogP contribution in [0.1, 0.15) is 35.2 Å². The van der Waals surface area contributed by atoms with E-state index in [9.17, 15) is 4.79 Å². The third-order valence-electron chi connectivity index (χ3n) is 5.32. The van der Waals surface area contributed by atoms with Crippen molar-refractivity contribution in [3.8, 4) is 0 Å². The van der Waals surface area contributed by atoms with Crippen molar-refractivity contribution in [2.45, 2.75) is 37.5 Å². The van der Waals surface area contributed by atoms with Crippen LogP contribution in [-0.4, -0.2) is 56.9 Å². The fourth-order valence-electron chi connectivity index (χ4n) is 4.05. The number of rotatable bonds is 4. The van der Waals surface area contributed by atoms with Gasteiger partial charge in [0, 0.05) is 57.9 Å². The molecule has 0 unspecified atom stereocenters. The van der Waals surface area contributed by atoms with Gasteiger partial charge in [0.15, 0.2) is 0 Å². The van der Waals surface area contributed by atoms with Gasteiger partial charge >= 0.3 is 0 Å². The number of ether oxygens (including phenoxy) is 1. The van der Waals surface area contributed by atoms with Crippen LogP contribution in [0.4, 0.5) is 0 Å². The maximum absolute atomic E-state index is 12.4. The second-order valence-corrected chi connectivity index (χ2v) is 7.42. The third-order valence-corrected chi connectivity index (χ3v) is 5.32. The Morgan fingerprint density at radius 2 is 2.38 bits per heavy atom. The summed E-state index contributed by atoms with van der Waals surface area (Å²) in [5.41, 5.74) is 1.69. The number of pyridine rings is 1. The minimum atomic E-state index is -0.145. The quantitative estimate of drug-likeness (QED) is 0.897. The molecule has 0 aliphatic carbocycles. The summed E-state index contributed by atoms with van der Waals surface area (Å²) >= 11 is 0. The number of aromatic nitrogens is 3. The van der Waals surface area contributed by atoms with Gasteiger partial charge in [0.05, 0.1) is 17.4 Å². The van der Waals surface area contributed by atoms with Gasteiger partial charge in [-0.05, 0) is 30.9 Å². The third kappa shape index (κ3) is 3.78. The zero-order valence-corrected chi connectivity index (χ0v) is 15.1. The number of carbonyl (C=O) groups excluding carboxylic acids is 1. The summed E-state index contributed by atoms with van der Waals surface area (Å²) in [6.07, 6.45) is 9.80. The van der Waals surface area contributed by atoms with E-state index in [1.54, 1.807) is 23.3 Å². The Morgan fingerprint density at radius 3 is 3.15 bits per heavy atom. The van der Waals surface area contributed by atoms with Gasteiger partial charge < -0.3 is 10.1 Å². The molecule has 1 spiro atoms. The molecular weight excluding hydrogens is 330 g/mol. The first kappa shape index (κ1) is 17.2. The Kier molecular flexibility index (Phi) is 4.74. The maximum atomic E-state index is 12.4. The lowest BCUT2D eigenvalue weighted by Crippen LogP contribution is -2.49. The fraction of sp³-hybridized carbons (Fsp3) is 0.526. The summed E-state index contributed by atoms with van der Waals surface area (Å²) in [6, 6.07) is 4.23. The molecule has 2 fully saturated rings. The van der Waals surface area contributed by atoms with Crippen LogP contribution in [-0.2, 0) is 18.3 Å². The highest BCUT2D eigenvalue weighted by Crippen LogP contribution is 2.35. The molecule has 2 aliphatic heterocycles. The molecule has 1 amide bonds. The summed E-state index contributed by atoms with van der Waals surface area (Å²) in [6.45, 7) is 3.50. The van der Waals surface area contributed by atoms with E-state index in [4.69, 9.17) is 4.74 Å². The average molecular weight is 355 g/mol. The van der Waals surface area contributed by atoms with Crippen molar-refractivity contribution >= 4 is 5.91 Å². The van der Waals surface area contributed by atoms with Crippen molar-refractivity contribution in [2.75, 3.05) is 19.7 Å². The van der Waals surface area contributed by atoms with Gasteiger partial charge in [0.25, 0.3) is 5.91 Å². The van der Waals surface area contributed by atoms with Gasteiger partial charge in [0.2, 0.25) is 0 Å². The van der Waals surface area contributed by atoms with Crippen LogP contribution in [0.25, 0.3) is 0 Å². The van der Waals surface area contributed by atoms with Crippen molar-refractivity contribution in [3.63, 3.8) is 0 Å². The normalized spacial score (nSPS) is 26.3. The molecule has 2 saturated heterocycles. The van der Waals surface area contributed by atoms with E-state index in [2.05, 4.69) is 26.4 Å². The summed E-state index contributed by atoms with van der Waals surface area (Å²) in [5.74, 6) is -0.0506. The lowest BCUT2D eigenvalue weighted by molar-refractivity contribution is -0.0793. The predicted octanol–water partition coefficient (Wildman–Crippen LogP) is 1.37. The van der Waals surface area contributed by atoms with Crippen LogP contribution in [0.5, 0.6) is 0 Å². The number of aryl methyl sites for hydroxylation is 1. The van der Waals surface area contributed by atoms with E-state index in [1.165, 1.54) is 5.56 Å². The van der Waals surface area contributed by atoms with Crippen LogP contribution in [0.15, 0.2) is 36.9 Å². The second kappa shape index (κ2) is 7.17. The highest BCUT2D eigenvalue weighted by molar-refractivity contribution is 5.93. The summed E-state index contributed by atoms with van der Waals surface area (Å²) < 4.78 is 7.84. The Bertz CT molecular complexity index is 762. The van der Waals surface area contributed by atoms with Crippen LogP contribution >= 0.6 is 0 Å². The molecule has 26 heavy (non-hydrogen) atoms. The molecule has 2 aromatic heterocycles. The summed E-state index contributed by atoms with van der Waals surface area (Å²) in [7, 11) is 1.82. The van der Waals surface area contributed by atoms with Gasteiger partial charge in [-0.2, -0.15) is 5.10 Å². The Balaban J connectivity index is 1.35. The average Bonchev–Trinajstić information content (AvgIpc) is 3.23. The minimum Gasteiger partial charge on any atom is -0.373 e. The van der Waals surface area contributed by atoms with Crippen molar-refractivity contribution in [2.24, 2.45) is 7.05 Å². The lowest BCUT2D eigenvalue weighted by atomic mass is 9.89. The topological polar surface area (TPSA) is 72.3 Å². The summed E-state index contributed by atoms with van der Waals surface area (Å²) in [4.78, 5) is 19.0. The molecule has 2 aliphatic rings. The number of carbonyl (C=O) groups is 1. The van der Waals surface area contributed by atoms with Crippen molar-refractivity contribution in [1.29, 1.82) is 0 Å². The number of likely N-dealkylation sites (tertiary alicyclic amines) is 1. The zero-order chi connectivity index (χ0) is 18.0. The van der Waals surface area contributed by atoms with E-state index >= 15 is 0 Å². The van der Waals surface area contributed by atoms with E-state index in [0.29, 0.717) is 12.2 Å². The highest BCUT2D eigenvalue weighted by atomic mass is 16.5. The van der Waals surface area contributed by atoms with Crippen LogP contribution in [0.3, 0.4) is 0 Å². The molecule has 7 nitrogen and oxygen atoms in total. The minimum absolute atomic E-state index is 0.0506. The van der Waals surface area contributed by atoms with Crippen LogP contribution < -0.4 is 5.32 Å². The van der Waals surface area contributed by atoms with Crippen molar-refractivity contribution in [3.05, 3.63) is 48.0 Å². The van der Waals surface area contributed by atoms with E-state index in [-0.39, 0.29) is 17.6 Å². The van der Waals surface area contributed by atoms with Gasteiger partial charge in [-0.25, -0.2) is 0 Å². The molecule has 1 N–H and O–H groups in total. The standard InChI is InChI=1S/C19H25N5O2/c1-23-13-16(11-21-23)18(25)22-17-4-8-26-19(9-17)5-7-24(14-19)12-15-3-2-6-20-10-15/h2-3,6,10-11,13,17H,4-5,7-9,12,14H2,1H3,(H,22,25)/t17-,19-/m1/s1. The molecule has 0 bridgehead atoms. The monoisotopic (exact) mass is 355 g/mol. The van der Waals surface area contributed by atoms with E-state index < -0.39 is 0 Å². The molecule has 138 valence electrons. The number of hydrogen-bond acceptors (Lipinski definition) is 5. The van der Waals surface area contributed by atoms with Gasteiger partial charge in [-0.15, -0.1) is 0 Å². The smallest absolute Gasteiger partial charge is 0.254 e. The Hall–Kier alpha value is -2.25. The first-order valence-corrected chi connectivity index (χ1v) is 9.17. The first-order valence-electron chi connectivity index (χ1n) is 9.17. The van der Waals surface area contributed by atoms with Crippen LogP contribution in [0.2, 0.25) is 0 Å². The molecule has 4 rings (SSSR count). The summed E-state index contributed by atoms with van der Waals surface area (Å²) in [5, 5.41) is 7.23. The Labute approximate surface area is 153 Å². The number of amides is 1. The molecule has 4 heterocycles. The zero-order valence-electron chi connectivity index (χ0n) is 15.1. The van der Waals surface area contributed by atoms with Crippen molar-refractivity contribution in [1.82, 2.24) is 25.0 Å². The van der Waals surface area contributed by atoms with E-state index in [0.717, 1.165) is 38.9 Å². The number of nitrogens with one attached hydrogen (secondary N) is 1. The molecule has 0 aromatic carbocycles. The van der Waals surface area contributed by atoms with Gasteiger partial charge in [-0.3, -0.25) is 19.4 Å². The maximum Gasteiger partial charge on any atom is 0.254 e.